The first-order valence-electron chi connectivity index (χ1n) is 4.65. The van der Waals surface area contributed by atoms with Crippen molar-refractivity contribution in [2.24, 2.45) is 0 Å². The van der Waals surface area contributed by atoms with E-state index in [1.54, 1.807) is 0 Å². The lowest BCUT2D eigenvalue weighted by molar-refractivity contribution is -0.138. The van der Waals surface area contributed by atoms with Gasteiger partial charge in [-0.2, -0.15) is 0 Å². The molecule has 1 aromatic carbocycles. The van der Waals surface area contributed by atoms with Crippen molar-refractivity contribution < 1.29 is 19.1 Å². The van der Waals surface area contributed by atoms with Gasteiger partial charge in [0, 0.05) is 5.69 Å². The first kappa shape index (κ1) is 13.2. The minimum absolute atomic E-state index is 0.0603. The Morgan fingerprint density at radius 2 is 2.12 bits per heavy atom. The molecule has 2 amide bonds. The number of nitrogens with one attached hydrogen (secondary N) is 2. The van der Waals surface area contributed by atoms with Gasteiger partial charge >= 0.3 is 12.0 Å². The van der Waals surface area contributed by atoms with Crippen molar-refractivity contribution >= 4 is 29.3 Å². The van der Waals surface area contributed by atoms with Crippen LogP contribution >= 0.6 is 11.6 Å². The molecule has 0 radical (unpaired) electrons. The average Bonchev–Trinajstić information content (AvgIpc) is 2.23. The minimum Gasteiger partial charge on any atom is -0.480 e. The number of hydrogen-bond donors (Lipinski definition) is 3. The summed E-state index contributed by atoms with van der Waals surface area (Å²) in [6.45, 7) is 1.31. The molecule has 7 heteroatoms. The Morgan fingerprint density at radius 3 is 2.65 bits per heavy atom. The molecule has 0 aliphatic carbocycles. The molecule has 0 saturated carbocycles. The molecule has 0 bridgehead atoms. The molecule has 17 heavy (non-hydrogen) atoms. The number of urea groups is 1. The van der Waals surface area contributed by atoms with Crippen LogP contribution in [0, 0.1) is 5.82 Å². The quantitative estimate of drug-likeness (QED) is 0.778. The summed E-state index contributed by atoms with van der Waals surface area (Å²) < 4.78 is 13.0. The van der Waals surface area contributed by atoms with E-state index in [2.05, 4.69) is 10.6 Å². The van der Waals surface area contributed by atoms with E-state index in [0.29, 0.717) is 0 Å². The maximum absolute atomic E-state index is 13.0. The van der Waals surface area contributed by atoms with Gasteiger partial charge in [0.25, 0.3) is 0 Å². The normalized spacial score (nSPS) is 11.7. The second-order valence-corrected chi connectivity index (χ2v) is 3.69. The number of benzene rings is 1. The van der Waals surface area contributed by atoms with Crippen LogP contribution in [0.25, 0.3) is 0 Å². The summed E-state index contributed by atoms with van der Waals surface area (Å²) in [5, 5.41) is 12.9. The molecule has 0 aliphatic heterocycles. The first-order chi connectivity index (χ1) is 7.90. The van der Waals surface area contributed by atoms with Gasteiger partial charge < -0.3 is 15.7 Å². The fourth-order valence-electron chi connectivity index (χ4n) is 0.999. The van der Waals surface area contributed by atoms with E-state index in [1.165, 1.54) is 19.1 Å². The zero-order valence-corrected chi connectivity index (χ0v) is 9.58. The third kappa shape index (κ3) is 3.92. The lowest BCUT2D eigenvalue weighted by Gasteiger charge is -2.10. The summed E-state index contributed by atoms with van der Waals surface area (Å²) in [5.41, 5.74) is 0.182. The maximum Gasteiger partial charge on any atom is 0.325 e. The number of hydrogen-bond acceptors (Lipinski definition) is 2. The SMILES string of the molecule is C[C@@H](NC(=O)Nc1ccc(Cl)c(F)c1)C(=O)O. The van der Waals surface area contributed by atoms with E-state index in [9.17, 15) is 14.0 Å². The van der Waals surface area contributed by atoms with Crippen LogP contribution in [-0.2, 0) is 4.79 Å². The van der Waals surface area contributed by atoms with Crippen LogP contribution in [0.2, 0.25) is 5.02 Å². The van der Waals surface area contributed by atoms with Crippen LogP contribution in [0.15, 0.2) is 18.2 Å². The minimum atomic E-state index is -1.16. The van der Waals surface area contributed by atoms with E-state index < -0.39 is 23.9 Å². The van der Waals surface area contributed by atoms with Gasteiger partial charge in [-0.05, 0) is 25.1 Å². The van der Waals surface area contributed by atoms with E-state index in [0.717, 1.165) is 6.07 Å². The molecule has 92 valence electrons. The second-order valence-electron chi connectivity index (χ2n) is 3.29. The average molecular weight is 261 g/mol. The molecule has 1 aromatic rings. The van der Waals surface area contributed by atoms with Gasteiger partial charge in [-0.1, -0.05) is 11.6 Å². The summed E-state index contributed by atoms with van der Waals surface area (Å²) in [6, 6.07) is 1.95. The fourth-order valence-corrected chi connectivity index (χ4v) is 1.12. The highest BCUT2D eigenvalue weighted by molar-refractivity contribution is 6.30. The molecular weight excluding hydrogens is 251 g/mol. The number of carbonyl (C=O) groups excluding carboxylic acids is 1. The van der Waals surface area contributed by atoms with Crippen LogP contribution in [0.1, 0.15) is 6.92 Å². The topological polar surface area (TPSA) is 78.4 Å². The third-order valence-corrected chi connectivity index (χ3v) is 2.20. The number of carboxylic acids is 1. The molecule has 1 atom stereocenters. The van der Waals surface area contributed by atoms with Crippen LogP contribution in [0.3, 0.4) is 0 Å². The van der Waals surface area contributed by atoms with Crippen molar-refractivity contribution in [2.75, 3.05) is 5.32 Å². The molecular formula is C10H10ClFN2O3. The summed E-state index contributed by atoms with van der Waals surface area (Å²) in [6.07, 6.45) is 0. The summed E-state index contributed by atoms with van der Waals surface area (Å²) in [5.74, 6) is -1.84. The molecule has 0 heterocycles. The van der Waals surface area contributed by atoms with Crippen LogP contribution < -0.4 is 10.6 Å². The Morgan fingerprint density at radius 1 is 1.47 bits per heavy atom. The van der Waals surface area contributed by atoms with Crippen molar-refractivity contribution in [1.29, 1.82) is 0 Å². The molecule has 0 spiro atoms. The van der Waals surface area contributed by atoms with Gasteiger partial charge in [0.1, 0.15) is 11.9 Å². The van der Waals surface area contributed by atoms with E-state index in [1.807, 2.05) is 0 Å². The van der Waals surface area contributed by atoms with Gasteiger partial charge in [-0.15, -0.1) is 0 Å². The highest BCUT2D eigenvalue weighted by Crippen LogP contribution is 2.18. The number of halogens is 2. The highest BCUT2D eigenvalue weighted by Gasteiger charge is 2.13. The third-order valence-electron chi connectivity index (χ3n) is 1.90. The predicted octanol–water partition coefficient (Wildman–Crippen LogP) is 2.07. The molecule has 0 aliphatic rings. The molecule has 0 unspecified atom stereocenters. The Bertz CT molecular complexity index is 453. The monoisotopic (exact) mass is 260 g/mol. The molecule has 5 nitrogen and oxygen atoms in total. The lowest BCUT2D eigenvalue weighted by atomic mass is 10.3. The number of anilines is 1. The molecule has 0 saturated heterocycles. The van der Waals surface area contributed by atoms with Gasteiger partial charge in [0.2, 0.25) is 0 Å². The molecule has 1 rings (SSSR count). The smallest absolute Gasteiger partial charge is 0.325 e. The first-order valence-corrected chi connectivity index (χ1v) is 5.03. The number of carbonyl (C=O) groups is 2. The van der Waals surface area contributed by atoms with E-state index >= 15 is 0 Å². The van der Waals surface area contributed by atoms with Crippen LogP contribution in [-0.4, -0.2) is 23.1 Å². The second kappa shape index (κ2) is 5.49. The summed E-state index contributed by atoms with van der Waals surface area (Å²) >= 11 is 5.46. The van der Waals surface area contributed by atoms with Crippen molar-refractivity contribution in [3.05, 3.63) is 29.0 Å². The van der Waals surface area contributed by atoms with Crippen LogP contribution in [0.4, 0.5) is 14.9 Å². The molecule has 0 aromatic heterocycles. The highest BCUT2D eigenvalue weighted by atomic mass is 35.5. The van der Waals surface area contributed by atoms with Crippen molar-refractivity contribution in [3.8, 4) is 0 Å². The molecule has 0 fully saturated rings. The largest absolute Gasteiger partial charge is 0.480 e. The van der Waals surface area contributed by atoms with Gasteiger partial charge in [-0.25, -0.2) is 9.18 Å². The summed E-state index contributed by atoms with van der Waals surface area (Å²) in [4.78, 5) is 21.7. The number of aliphatic carboxylic acids is 1. The number of rotatable bonds is 3. The van der Waals surface area contributed by atoms with E-state index in [-0.39, 0.29) is 10.7 Å². The van der Waals surface area contributed by atoms with E-state index in [4.69, 9.17) is 16.7 Å². The van der Waals surface area contributed by atoms with Crippen molar-refractivity contribution in [2.45, 2.75) is 13.0 Å². The van der Waals surface area contributed by atoms with Gasteiger partial charge in [0.15, 0.2) is 0 Å². The maximum atomic E-state index is 13.0. The van der Waals surface area contributed by atoms with Crippen LogP contribution in [0.5, 0.6) is 0 Å². The summed E-state index contributed by atoms with van der Waals surface area (Å²) in [7, 11) is 0. The zero-order chi connectivity index (χ0) is 13.0. The number of amides is 2. The van der Waals surface area contributed by atoms with Crippen molar-refractivity contribution in [1.82, 2.24) is 5.32 Å². The Kier molecular flexibility index (Phi) is 4.28. The Balaban J connectivity index is 2.62. The van der Waals surface area contributed by atoms with Gasteiger partial charge in [0.05, 0.1) is 5.02 Å². The lowest BCUT2D eigenvalue weighted by Crippen LogP contribution is -2.40. The number of carboxylic acid groups (broad SMARTS) is 1. The van der Waals surface area contributed by atoms with Crippen molar-refractivity contribution in [3.63, 3.8) is 0 Å². The Labute approximate surface area is 102 Å². The van der Waals surface area contributed by atoms with Gasteiger partial charge in [-0.3, -0.25) is 4.79 Å². The standard InChI is InChI=1S/C10H10ClFN2O3/c1-5(9(15)16)13-10(17)14-6-2-3-7(11)8(12)4-6/h2-5H,1H3,(H,15,16)(H2,13,14,17)/t5-/m1/s1. The molecule has 3 N–H and O–H groups in total. The zero-order valence-electron chi connectivity index (χ0n) is 8.83. The Hall–Kier alpha value is -1.82. The fraction of sp³-hybridized carbons (Fsp3) is 0.200. The predicted molar refractivity (Wildman–Crippen MR) is 60.7 cm³/mol.